The van der Waals surface area contributed by atoms with Crippen LogP contribution in [0.25, 0.3) is 11.1 Å². The van der Waals surface area contributed by atoms with Gasteiger partial charge in [-0.25, -0.2) is 0 Å². The molecular weight excluding hydrogens is 264 g/mol. The topological polar surface area (TPSA) is 55.5 Å². The highest BCUT2D eigenvalue weighted by atomic mass is 16.6. The van der Waals surface area contributed by atoms with Crippen LogP contribution in [0, 0.1) is 10.1 Å². The number of rotatable bonds is 2. The maximum Gasteiger partial charge on any atom is 0.269 e. The van der Waals surface area contributed by atoms with E-state index in [1.807, 2.05) is 19.1 Å². The summed E-state index contributed by atoms with van der Waals surface area (Å²) in [5.74, 6) is 0. The minimum atomic E-state index is -0.382. The average Bonchev–Trinajstić information content (AvgIpc) is 2.69. The summed E-state index contributed by atoms with van der Waals surface area (Å²) >= 11 is 0. The lowest BCUT2D eigenvalue weighted by Gasteiger charge is -2.20. The number of hydrogen-bond donors (Lipinski definition) is 0. The first-order valence-corrected chi connectivity index (χ1v) is 6.85. The summed E-state index contributed by atoms with van der Waals surface area (Å²) in [4.78, 5) is 14.9. The van der Waals surface area contributed by atoms with Gasteiger partial charge in [0.25, 0.3) is 5.69 Å². The van der Waals surface area contributed by atoms with E-state index in [4.69, 9.17) is 0 Å². The fourth-order valence-corrected chi connectivity index (χ4v) is 2.60. The van der Waals surface area contributed by atoms with E-state index in [1.54, 1.807) is 12.1 Å². The van der Waals surface area contributed by atoms with Gasteiger partial charge in [-0.1, -0.05) is 19.9 Å². The van der Waals surface area contributed by atoms with Gasteiger partial charge in [-0.2, -0.15) is 0 Å². The molecule has 0 atom stereocenters. The summed E-state index contributed by atoms with van der Waals surface area (Å²) in [5, 5.41) is 10.7. The zero-order valence-corrected chi connectivity index (χ0v) is 12.3. The van der Waals surface area contributed by atoms with Crippen molar-refractivity contribution in [3.05, 3.63) is 58.1 Å². The molecule has 4 nitrogen and oxygen atoms in total. The second-order valence-corrected chi connectivity index (χ2v) is 5.86. The largest absolute Gasteiger partial charge is 0.269 e. The summed E-state index contributed by atoms with van der Waals surface area (Å²) in [7, 11) is 0. The Labute approximate surface area is 123 Å². The van der Waals surface area contributed by atoms with Gasteiger partial charge in [-0.15, -0.1) is 0 Å². The van der Waals surface area contributed by atoms with Crippen LogP contribution in [0.15, 0.2) is 47.5 Å². The summed E-state index contributed by atoms with van der Waals surface area (Å²) in [5.41, 5.74) is 5.41. The highest BCUT2D eigenvalue weighted by Gasteiger charge is 2.32. The van der Waals surface area contributed by atoms with Crippen LogP contribution in [0.2, 0.25) is 0 Å². The molecule has 0 fully saturated rings. The molecule has 0 aliphatic carbocycles. The van der Waals surface area contributed by atoms with Gasteiger partial charge in [-0.3, -0.25) is 15.1 Å². The SMILES string of the molecule is CC1=Nc2ccc(-c3ccc([N+](=O)[O-])cc3)cc2C1(C)C. The normalized spacial score (nSPS) is 15.5. The Bertz CT molecular complexity index is 759. The molecule has 0 spiro atoms. The number of nitrogens with zero attached hydrogens (tertiary/aromatic N) is 2. The molecule has 0 radical (unpaired) electrons. The van der Waals surface area contributed by atoms with Crippen LogP contribution < -0.4 is 0 Å². The highest BCUT2D eigenvalue weighted by molar-refractivity contribution is 6.00. The molecule has 0 bridgehead atoms. The van der Waals surface area contributed by atoms with Gasteiger partial charge < -0.3 is 0 Å². The Balaban J connectivity index is 2.03. The molecular formula is C17H16N2O2. The molecule has 4 heteroatoms. The van der Waals surface area contributed by atoms with Crippen molar-refractivity contribution in [3.63, 3.8) is 0 Å². The van der Waals surface area contributed by atoms with Gasteiger partial charge in [0, 0.05) is 23.3 Å². The monoisotopic (exact) mass is 280 g/mol. The van der Waals surface area contributed by atoms with Crippen molar-refractivity contribution in [1.29, 1.82) is 0 Å². The van der Waals surface area contributed by atoms with Crippen molar-refractivity contribution in [2.24, 2.45) is 4.99 Å². The molecule has 2 aromatic carbocycles. The first-order chi connectivity index (χ1) is 9.89. The molecule has 1 heterocycles. The minimum Gasteiger partial charge on any atom is -0.258 e. The molecule has 0 aromatic heterocycles. The number of fused-ring (bicyclic) bond motifs is 1. The highest BCUT2D eigenvalue weighted by Crippen LogP contribution is 2.41. The Hall–Kier alpha value is -2.49. The van der Waals surface area contributed by atoms with Crippen molar-refractivity contribution in [1.82, 2.24) is 0 Å². The summed E-state index contributed by atoms with van der Waals surface area (Å²) in [6, 6.07) is 12.8. The molecule has 0 amide bonds. The number of aliphatic imine (C=N–C) groups is 1. The van der Waals surface area contributed by atoms with Gasteiger partial charge in [0.2, 0.25) is 0 Å². The smallest absolute Gasteiger partial charge is 0.258 e. The van der Waals surface area contributed by atoms with Gasteiger partial charge in [-0.05, 0) is 47.9 Å². The quantitative estimate of drug-likeness (QED) is 0.594. The molecule has 21 heavy (non-hydrogen) atoms. The van der Waals surface area contributed by atoms with Crippen molar-refractivity contribution in [2.75, 3.05) is 0 Å². The molecule has 0 N–H and O–H groups in total. The zero-order valence-electron chi connectivity index (χ0n) is 12.3. The van der Waals surface area contributed by atoms with Crippen molar-refractivity contribution in [2.45, 2.75) is 26.2 Å². The number of non-ortho nitro benzene ring substituents is 1. The van der Waals surface area contributed by atoms with Crippen LogP contribution in [0.3, 0.4) is 0 Å². The van der Waals surface area contributed by atoms with E-state index >= 15 is 0 Å². The van der Waals surface area contributed by atoms with Crippen molar-refractivity contribution in [3.8, 4) is 11.1 Å². The summed E-state index contributed by atoms with van der Waals surface area (Å²) in [6.45, 7) is 6.38. The lowest BCUT2D eigenvalue weighted by molar-refractivity contribution is -0.384. The van der Waals surface area contributed by atoms with Gasteiger partial charge in [0.1, 0.15) is 0 Å². The maximum absolute atomic E-state index is 10.7. The zero-order chi connectivity index (χ0) is 15.2. The fourth-order valence-electron chi connectivity index (χ4n) is 2.60. The molecule has 3 rings (SSSR count). The second kappa shape index (κ2) is 4.52. The van der Waals surface area contributed by atoms with Crippen LogP contribution in [-0.4, -0.2) is 10.6 Å². The molecule has 1 aliphatic rings. The Morgan fingerprint density at radius 3 is 2.29 bits per heavy atom. The van der Waals surface area contributed by atoms with Crippen molar-refractivity contribution < 1.29 is 4.92 Å². The molecule has 0 unspecified atom stereocenters. The number of benzene rings is 2. The van der Waals surface area contributed by atoms with Gasteiger partial charge >= 0.3 is 0 Å². The predicted molar refractivity (Wildman–Crippen MR) is 84.3 cm³/mol. The molecule has 2 aromatic rings. The minimum absolute atomic E-state index is 0.0634. The molecule has 1 aliphatic heterocycles. The Morgan fingerprint density at radius 2 is 1.67 bits per heavy atom. The van der Waals surface area contributed by atoms with Crippen LogP contribution in [-0.2, 0) is 5.41 Å². The third-order valence-electron chi connectivity index (χ3n) is 4.27. The summed E-state index contributed by atoms with van der Waals surface area (Å²) in [6.07, 6.45) is 0. The van der Waals surface area contributed by atoms with E-state index in [2.05, 4.69) is 24.9 Å². The third kappa shape index (κ3) is 2.13. The molecule has 0 saturated carbocycles. The number of nitro benzene ring substituents is 1. The van der Waals surface area contributed by atoms with Crippen LogP contribution in [0.5, 0.6) is 0 Å². The van der Waals surface area contributed by atoms with E-state index in [0.29, 0.717) is 0 Å². The summed E-state index contributed by atoms with van der Waals surface area (Å²) < 4.78 is 0. The van der Waals surface area contributed by atoms with Crippen LogP contribution >= 0.6 is 0 Å². The lowest BCUT2D eigenvalue weighted by atomic mass is 9.81. The predicted octanol–water partition coefficient (Wildman–Crippen LogP) is 4.65. The third-order valence-corrected chi connectivity index (χ3v) is 4.27. The molecule has 106 valence electrons. The van der Waals surface area contributed by atoms with E-state index in [0.717, 1.165) is 22.5 Å². The standard InChI is InChI=1S/C17H16N2O2/c1-11-17(2,3)15-10-13(6-9-16(15)18-11)12-4-7-14(8-5-12)19(20)21/h4-10H,1-3H3. The van der Waals surface area contributed by atoms with Crippen molar-refractivity contribution >= 4 is 17.1 Å². The van der Waals surface area contributed by atoms with E-state index in [9.17, 15) is 10.1 Å². The van der Waals surface area contributed by atoms with E-state index in [1.165, 1.54) is 17.7 Å². The van der Waals surface area contributed by atoms with E-state index in [-0.39, 0.29) is 16.0 Å². The number of nitro groups is 1. The Kier molecular flexibility index (Phi) is 2.90. The first-order valence-electron chi connectivity index (χ1n) is 6.85. The van der Waals surface area contributed by atoms with Crippen LogP contribution in [0.1, 0.15) is 26.3 Å². The maximum atomic E-state index is 10.7. The second-order valence-electron chi connectivity index (χ2n) is 5.86. The number of hydrogen-bond acceptors (Lipinski definition) is 3. The first kappa shape index (κ1) is 13.5. The lowest BCUT2D eigenvalue weighted by Crippen LogP contribution is -2.22. The van der Waals surface area contributed by atoms with Gasteiger partial charge in [0.15, 0.2) is 0 Å². The van der Waals surface area contributed by atoms with E-state index < -0.39 is 0 Å². The van der Waals surface area contributed by atoms with Gasteiger partial charge in [0.05, 0.1) is 10.6 Å². The average molecular weight is 280 g/mol. The molecule has 0 saturated heterocycles. The fraction of sp³-hybridized carbons (Fsp3) is 0.235. The Morgan fingerprint density at radius 1 is 1.05 bits per heavy atom. The van der Waals surface area contributed by atoms with Crippen LogP contribution in [0.4, 0.5) is 11.4 Å².